The first-order valence-electron chi connectivity index (χ1n) is 13.5. The fourth-order valence-electron chi connectivity index (χ4n) is 4.70. The second kappa shape index (κ2) is 16.2. The Morgan fingerprint density at radius 1 is 1.07 bits per heavy atom. The maximum Gasteiger partial charge on any atom is 0.232 e. The number of carbonyl (C=O) groups excluding carboxylic acids is 2. The number of nitrogens with zero attached hydrogens (tertiary/aromatic N) is 2. The average molecular weight is 614 g/mol. The molecule has 1 aliphatic heterocycles. The lowest BCUT2D eigenvalue weighted by Gasteiger charge is -2.22. The Labute approximate surface area is 255 Å². The van der Waals surface area contributed by atoms with E-state index in [2.05, 4.69) is 48.4 Å². The van der Waals surface area contributed by atoms with Crippen molar-refractivity contribution >= 4 is 75.7 Å². The van der Waals surface area contributed by atoms with Gasteiger partial charge in [-0.2, -0.15) is 0 Å². The number of nitrogens with one attached hydrogen (secondary N) is 2. The van der Waals surface area contributed by atoms with Crippen LogP contribution in [0, 0.1) is 5.41 Å². The molecule has 2 amide bonds. The third kappa shape index (κ3) is 8.84. The molecule has 2 unspecified atom stereocenters. The van der Waals surface area contributed by atoms with Crippen LogP contribution in [-0.2, 0) is 9.59 Å². The fraction of sp³-hybridized carbons (Fsp3) is 0.500. The number of rotatable bonds is 10. The second-order valence-electron chi connectivity index (χ2n) is 10.2. The van der Waals surface area contributed by atoms with Crippen molar-refractivity contribution < 1.29 is 14.3 Å². The number of pyridine rings is 1. The smallest absolute Gasteiger partial charge is 0.232 e. The Balaban J connectivity index is 0.000000567. The zero-order chi connectivity index (χ0) is 27.9. The summed E-state index contributed by atoms with van der Waals surface area (Å²) >= 11 is 6.22. The molecule has 0 aliphatic carbocycles. The van der Waals surface area contributed by atoms with Crippen molar-refractivity contribution in [1.29, 1.82) is 0 Å². The van der Waals surface area contributed by atoms with Gasteiger partial charge >= 0.3 is 0 Å². The van der Waals surface area contributed by atoms with Crippen molar-refractivity contribution in [3.8, 4) is 5.75 Å². The standard InChI is InChI=1S/C23H30ClN3O.C7H11NO2.2ClH/c1-5-27(6-2)13-7-8-16(3)25-23-19-11-9-17(24)14-22(19)26-21-12-10-18(28-4)15-20(21)23;1-3-7(2)4-5(9)8-6(7)10;;/h9-12,14-16H,5-8,13H2,1-4H3,(H,25,26);3-4H2,1-2H3,(H,8,9,10);2*1H. The first-order valence-corrected chi connectivity index (χ1v) is 13.9. The van der Waals surface area contributed by atoms with Gasteiger partial charge in [0.05, 0.1) is 29.2 Å². The molecule has 3 aromatic rings. The molecule has 4 rings (SSSR count). The van der Waals surface area contributed by atoms with Gasteiger partial charge in [-0.25, -0.2) is 4.98 Å². The van der Waals surface area contributed by atoms with E-state index in [-0.39, 0.29) is 36.6 Å². The van der Waals surface area contributed by atoms with Crippen LogP contribution in [0.1, 0.15) is 60.3 Å². The van der Waals surface area contributed by atoms with E-state index in [1.807, 2.05) is 38.1 Å². The molecular formula is C30H43Cl3N4O3. The first-order chi connectivity index (χ1) is 18.1. The number of benzene rings is 2. The number of methoxy groups -OCH3 is 1. The van der Waals surface area contributed by atoms with Crippen LogP contribution in [0.2, 0.25) is 5.02 Å². The largest absolute Gasteiger partial charge is 0.497 e. The number of ether oxygens (including phenoxy) is 1. The van der Waals surface area contributed by atoms with Crippen molar-refractivity contribution in [2.75, 3.05) is 32.1 Å². The lowest BCUT2D eigenvalue weighted by molar-refractivity contribution is -0.128. The molecule has 40 heavy (non-hydrogen) atoms. The van der Waals surface area contributed by atoms with Crippen molar-refractivity contribution in [1.82, 2.24) is 15.2 Å². The molecule has 2 aromatic carbocycles. The van der Waals surface area contributed by atoms with Crippen LogP contribution in [0.15, 0.2) is 36.4 Å². The minimum absolute atomic E-state index is 0. The normalized spacial score (nSPS) is 17.0. The molecule has 10 heteroatoms. The number of carbonyl (C=O) groups is 2. The van der Waals surface area contributed by atoms with E-state index in [4.69, 9.17) is 21.3 Å². The number of imide groups is 1. The zero-order valence-electron chi connectivity index (χ0n) is 24.3. The predicted octanol–water partition coefficient (Wildman–Crippen LogP) is 7.27. The fourth-order valence-corrected chi connectivity index (χ4v) is 4.87. The molecule has 0 radical (unpaired) electrons. The molecule has 1 saturated heterocycles. The van der Waals surface area contributed by atoms with Crippen molar-refractivity contribution in [3.05, 3.63) is 41.4 Å². The van der Waals surface area contributed by atoms with Crippen molar-refractivity contribution in [2.45, 2.75) is 66.3 Å². The number of anilines is 1. The highest BCUT2D eigenvalue weighted by Gasteiger charge is 2.40. The van der Waals surface area contributed by atoms with Gasteiger partial charge in [0.2, 0.25) is 11.8 Å². The molecule has 2 heterocycles. The number of hydrogen-bond acceptors (Lipinski definition) is 6. The molecule has 222 valence electrons. The SMILES string of the molecule is CCC1(C)CC(=O)NC1=O.CCN(CC)CCCC(C)Nc1c2ccc(Cl)cc2nc2ccc(OC)cc12.Cl.Cl. The summed E-state index contributed by atoms with van der Waals surface area (Å²) in [5, 5.41) is 8.89. The summed E-state index contributed by atoms with van der Waals surface area (Å²) in [6, 6.07) is 12.3. The van der Waals surface area contributed by atoms with E-state index in [0.717, 1.165) is 65.7 Å². The summed E-state index contributed by atoms with van der Waals surface area (Å²) in [5.41, 5.74) is 2.51. The van der Waals surface area contributed by atoms with E-state index in [1.54, 1.807) is 7.11 Å². The lowest BCUT2D eigenvalue weighted by atomic mass is 9.86. The van der Waals surface area contributed by atoms with Gasteiger partial charge in [0.15, 0.2) is 0 Å². The summed E-state index contributed by atoms with van der Waals surface area (Å²) in [6.45, 7) is 13.8. The van der Waals surface area contributed by atoms with Gasteiger partial charge in [0.25, 0.3) is 0 Å². The van der Waals surface area contributed by atoms with Gasteiger partial charge in [-0.05, 0) is 82.2 Å². The minimum Gasteiger partial charge on any atom is -0.497 e. The number of aromatic nitrogens is 1. The number of amides is 2. The number of hydrogen-bond donors (Lipinski definition) is 2. The molecule has 2 atom stereocenters. The van der Waals surface area contributed by atoms with Crippen molar-refractivity contribution in [3.63, 3.8) is 0 Å². The highest BCUT2D eigenvalue weighted by molar-refractivity contribution is 6.31. The van der Waals surface area contributed by atoms with Crippen LogP contribution in [0.4, 0.5) is 5.69 Å². The van der Waals surface area contributed by atoms with E-state index in [1.165, 1.54) is 6.42 Å². The van der Waals surface area contributed by atoms with Gasteiger partial charge < -0.3 is 15.0 Å². The first kappa shape index (κ1) is 35.7. The Morgan fingerprint density at radius 3 is 2.33 bits per heavy atom. The quantitative estimate of drug-likeness (QED) is 0.185. The Hall–Kier alpha value is -2.32. The molecule has 7 nitrogen and oxygen atoms in total. The van der Waals surface area contributed by atoms with E-state index < -0.39 is 5.41 Å². The Bertz CT molecular complexity index is 1290. The highest BCUT2D eigenvalue weighted by Crippen LogP contribution is 2.35. The number of halogens is 3. The lowest BCUT2D eigenvalue weighted by Crippen LogP contribution is -2.28. The number of fused-ring (bicyclic) bond motifs is 2. The van der Waals surface area contributed by atoms with Gasteiger partial charge in [-0.3, -0.25) is 14.9 Å². The van der Waals surface area contributed by atoms with Crippen LogP contribution >= 0.6 is 36.4 Å². The molecular weight excluding hydrogens is 571 g/mol. The molecule has 0 spiro atoms. The van der Waals surface area contributed by atoms with Gasteiger partial charge in [-0.15, -0.1) is 24.8 Å². The van der Waals surface area contributed by atoms with Gasteiger partial charge in [0, 0.05) is 28.3 Å². The minimum atomic E-state index is -0.433. The van der Waals surface area contributed by atoms with E-state index in [9.17, 15) is 9.59 Å². The molecule has 1 aliphatic rings. The van der Waals surface area contributed by atoms with Gasteiger partial charge in [0.1, 0.15) is 5.75 Å². The highest BCUT2D eigenvalue weighted by atomic mass is 35.5. The third-order valence-corrected chi connectivity index (χ3v) is 7.71. The van der Waals surface area contributed by atoms with E-state index >= 15 is 0 Å². The Kier molecular flexibility index (Phi) is 14.5. The van der Waals surface area contributed by atoms with Gasteiger partial charge in [-0.1, -0.05) is 39.3 Å². The maximum atomic E-state index is 11.0. The molecule has 0 saturated carbocycles. The maximum absolute atomic E-state index is 11.0. The summed E-state index contributed by atoms with van der Waals surface area (Å²) < 4.78 is 5.45. The third-order valence-electron chi connectivity index (χ3n) is 7.47. The van der Waals surface area contributed by atoms with Crippen molar-refractivity contribution in [2.24, 2.45) is 5.41 Å². The summed E-state index contributed by atoms with van der Waals surface area (Å²) in [7, 11) is 1.69. The summed E-state index contributed by atoms with van der Waals surface area (Å²) in [5.74, 6) is 0.564. The van der Waals surface area contributed by atoms with Crippen LogP contribution in [-0.4, -0.2) is 54.5 Å². The second-order valence-corrected chi connectivity index (χ2v) is 10.7. The van der Waals surface area contributed by atoms with Crippen LogP contribution in [0.5, 0.6) is 5.75 Å². The monoisotopic (exact) mass is 612 g/mol. The Morgan fingerprint density at radius 2 is 1.77 bits per heavy atom. The average Bonchev–Trinajstić information content (AvgIpc) is 3.17. The zero-order valence-corrected chi connectivity index (χ0v) is 26.7. The summed E-state index contributed by atoms with van der Waals surface area (Å²) in [6.07, 6.45) is 3.36. The summed E-state index contributed by atoms with van der Waals surface area (Å²) in [4.78, 5) is 29.0. The van der Waals surface area contributed by atoms with E-state index in [0.29, 0.717) is 17.5 Å². The van der Waals surface area contributed by atoms with Crippen LogP contribution < -0.4 is 15.4 Å². The van der Waals surface area contributed by atoms with Crippen LogP contribution in [0.3, 0.4) is 0 Å². The molecule has 2 N–H and O–H groups in total. The van der Waals surface area contributed by atoms with Crippen LogP contribution in [0.25, 0.3) is 21.8 Å². The predicted molar refractivity (Wildman–Crippen MR) is 172 cm³/mol. The topological polar surface area (TPSA) is 83.6 Å². The molecule has 1 fully saturated rings. The molecule has 1 aromatic heterocycles. The molecule has 0 bridgehead atoms.